The molecule has 0 radical (unpaired) electrons. The first kappa shape index (κ1) is 26.9. The van der Waals surface area contributed by atoms with E-state index in [1.807, 2.05) is 48.5 Å². The summed E-state index contributed by atoms with van der Waals surface area (Å²) in [6, 6.07) is 40.0. The fourth-order valence-corrected chi connectivity index (χ4v) is 6.42. The van der Waals surface area contributed by atoms with Crippen LogP contribution in [0.1, 0.15) is 42.0 Å². The van der Waals surface area contributed by atoms with Gasteiger partial charge in [0.1, 0.15) is 18.2 Å². The van der Waals surface area contributed by atoms with Gasteiger partial charge in [-0.1, -0.05) is 128 Å². The van der Waals surface area contributed by atoms with E-state index in [4.69, 9.17) is 4.74 Å². The SMILES string of the molecule is CCN(NC(c1ccccc1)(c1ccccc1)c1ccccc1)C1CC2CC(=O)N2C1C(=O)OCc1ccccc1. The lowest BCUT2D eigenvalue weighted by Gasteiger charge is -2.44. The maximum absolute atomic E-state index is 13.7. The van der Waals surface area contributed by atoms with Crippen molar-refractivity contribution in [1.29, 1.82) is 0 Å². The van der Waals surface area contributed by atoms with Gasteiger partial charge in [-0.05, 0) is 28.7 Å². The van der Waals surface area contributed by atoms with Gasteiger partial charge in [0.2, 0.25) is 5.91 Å². The molecule has 6 heteroatoms. The molecular weight excluding hydrogens is 510 g/mol. The number of rotatable bonds is 10. The molecular formula is C35H35N3O3. The molecule has 0 aliphatic carbocycles. The molecule has 0 bridgehead atoms. The van der Waals surface area contributed by atoms with Crippen LogP contribution in [0.25, 0.3) is 0 Å². The summed E-state index contributed by atoms with van der Waals surface area (Å²) in [7, 11) is 0. The maximum atomic E-state index is 13.7. The Morgan fingerprint density at radius 1 is 0.829 bits per heavy atom. The number of carbonyl (C=O) groups excluding carboxylic acids is 2. The zero-order valence-corrected chi connectivity index (χ0v) is 23.2. The molecule has 1 N–H and O–H groups in total. The van der Waals surface area contributed by atoms with Crippen molar-refractivity contribution in [3.63, 3.8) is 0 Å². The number of hydrogen-bond donors (Lipinski definition) is 1. The molecule has 0 aromatic heterocycles. The van der Waals surface area contributed by atoms with Gasteiger partial charge in [-0.15, -0.1) is 0 Å². The highest BCUT2D eigenvalue weighted by Crippen LogP contribution is 2.41. The Bertz CT molecular complexity index is 1370. The van der Waals surface area contributed by atoms with Crippen molar-refractivity contribution in [3.05, 3.63) is 144 Å². The Hall–Kier alpha value is -4.26. The molecule has 6 rings (SSSR count). The minimum absolute atomic E-state index is 0.00987. The lowest BCUT2D eigenvalue weighted by Crippen LogP contribution is -2.62. The predicted molar refractivity (Wildman–Crippen MR) is 158 cm³/mol. The lowest BCUT2D eigenvalue weighted by atomic mass is 9.77. The van der Waals surface area contributed by atoms with Crippen molar-refractivity contribution in [2.75, 3.05) is 6.54 Å². The Labute approximate surface area is 241 Å². The van der Waals surface area contributed by atoms with Crippen LogP contribution >= 0.6 is 0 Å². The van der Waals surface area contributed by atoms with Gasteiger partial charge in [0.25, 0.3) is 0 Å². The second kappa shape index (κ2) is 11.7. The third kappa shape index (κ3) is 5.05. The Morgan fingerprint density at radius 2 is 1.32 bits per heavy atom. The van der Waals surface area contributed by atoms with Gasteiger partial charge in [0, 0.05) is 19.0 Å². The topological polar surface area (TPSA) is 61.9 Å². The molecule has 208 valence electrons. The van der Waals surface area contributed by atoms with Crippen LogP contribution in [0.15, 0.2) is 121 Å². The highest BCUT2D eigenvalue weighted by Gasteiger charge is 2.56. The van der Waals surface area contributed by atoms with E-state index in [1.165, 1.54) is 0 Å². The first-order chi connectivity index (χ1) is 20.1. The molecule has 2 fully saturated rings. The number of fused-ring (bicyclic) bond motifs is 1. The second-order valence-corrected chi connectivity index (χ2v) is 10.7. The molecule has 0 saturated carbocycles. The molecule has 1 amide bonds. The van der Waals surface area contributed by atoms with Crippen molar-refractivity contribution < 1.29 is 14.3 Å². The lowest BCUT2D eigenvalue weighted by molar-refractivity contribution is -0.163. The summed E-state index contributed by atoms with van der Waals surface area (Å²) < 4.78 is 5.83. The van der Waals surface area contributed by atoms with Crippen LogP contribution in [0.2, 0.25) is 0 Å². The van der Waals surface area contributed by atoms with Crippen molar-refractivity contribution in [2.45, 2.75) is 50.0 Å². The number of hydrazine groups is 1. The van der Waals surface area contributed by atoms with Crippen LogP contribution in [0.4, 0.5) is 0 Å². The Morgan fingerprint density at radius 3 is 1.78 bits per heavy atom. The highest BCUT2D eigenvalue weighted by molar-refractivity contribution is 5.91. The van der Waals surface area contributed by atoms with E-state index < -0.39 is 11.6 Å². The molecule has 41 heavy (non-hydrogen) atoms. The fraction of sp³-hybridized carbons (Fsp3) is 0.257. The van der Waals surface area contributed by atoms with E-state index in [1.54, 1.807) is 4.90 Å². The molecule has 2 aliphatic rings. The molecule has 3 unspecified atom stereocenters. The van der Waals surface area contributed by atoms with Crippen LogP contribution < -0.4 is 5.43 Å². The van der Waals surface area contributed by atoms with E-state index >= 15 is 0 Å². The second-order valence-electron chi connectivity index (χ2n) is 10.7. The number of hydrogen-bond acceptors (Lipinski definition) is 5. The first-order valence-electron chi connectivity index (χ1n) is 14.3. The van der Waals surface area contributed by atoms with Crippen LogP contribution in [0, 0.1) is 0 Å². The number of amides is 1. The van der Waals surface area contributed by atoms with Crippen molar-refractivity contribution in [2.24, 2.45) is 0 Å². The number of nitrogens with one attached hydrogen (secondary N) is 1. The van der Waals surface area contributed by atoms with Crippen molar-refractivity contribution in [3.8, 4) is 0 Å². The molecule has 0 spiro atoms. The van der Waals surface area contributed by atoms with Crippen LogP contribution in [0.5, 0.6) is 0 Å². The van der Waals surface area contributed by atoms with Gasteiger partial charge in [-0.2, -0.15) is 0 Å². The average Bonchev–Trinajstić information content (AvgIpc) is 3.35. The highest BCUT2D eigenvalue weighted by atomic mass is 16.5. The standard InChI is InChI=1S/C35H35N3O3/c1-2-37(31-23-30-24-32(39)38(30)33(31)34(40)41-25-26-15-7-3-8-16-26)36-35(27-17-9-4-10-18-27,28-19-11-5-12-20-28)29-21-13-6-14-22-29/h3-22,30-31,33,36H,2,23-25H2,1H3. The predicted octanol–water partition coefficient (Wildman–Crippen LogP) is 5.29. The third-order valence-corrected chi connectivity index (χ3v) is 8.41. The molecule has 6 nitrogen and oxygen atoms in total. The molecule has 4 aromatic carbocycles. The number of ether oxygens (including phenoxy) is 1. The summed E-state index contributed by atoms with van der Waals surface area (Å²) in [5.74, 6) is -0.352. The molecule has 2 saturated heterocycles. The summed E-state index contributed by atoms with van der Waals surface area (Å²) in [5.41, 5.74) is 7.36. The number of esters is 1. The number of carbonyl (C=O) groups is 2. The first-order valence-corrected chi connectivity index (χ1v) is 14.3. The van der Waals surface area contributed by atoms with E-state index in [0.29, 0.717) is 19.4 Å². The molecule has 4 aromatic rings. The summed E-state index contributed by atoms with van der Waals surface area (Å²) >= 11 is 0. The van der Waals surface area contributed by atoms with E-state index in [0.717, 1.165) is 22.3 Å². The number of likely N-dealkylation sites (N-methyl/N-ethyl adjacent to an activating group) is 1. The monoisotopic (exact) mass is 545 g/mol. The Kier molecular flexibility index (Phi) is 7.68. The largest absolute Gasteiger partial charge is 0.459 e. The number of nitrogens with zero attached hydrogens (tertiary/aromatic N) is 2. The zero-order valence-electron chi connectivity index (χ0n) is 23.2. The molecule has 3 atom stereocenters. The van der Waals surface area contributed by atoms with E-state index in [2.05, 4.69) is 90.2 Å². The summed E-state index contributed by atoms with van der Waals surface area (Å²) in [6.45, 7) is 2.88. The van der Waals surface area contributed by atoms with Gasteiger partial charge in [-0.25, -0.2) is 15.2 Å². The Balaban J connectivity index is 1.39. The van der Waals surface area contributed by atoms with Gasteiger partial charge >= 0.3 is 5.97 Å². The smallest absolute Gasteiger partial charge is 0.330 e. The average molecular weight is 546 g/mol. The summed E-state index contributed by atoms with van der Waals surface area (Å²) in [5, 5.41) is 2.16. The van der Waals surface area contributed by atoms with Crippen LogP contribution in [-0.4, -0.2) is 46.5 Å². The van der Waals surface area contributed by atoms with Crippen LogP contribution in [0.3, 0.4) is 0 Å². The zero-order chi connectivity index (χ0) is 28.2. The van der Waals surface area contributed by atoms with Crippen LogP contribution in [-0.2, 0) is 26.5 Å². The molecule has 2 heterocycles. The third-order valence-electron chi connectivity index (χ3n) is 8.41. The van der Waals surface area contributed by atoms with E-state index in [9.17, 15) is 9.59 Å². The quantitative estimate of drug-likeness (QED) is 0.127. The maximum Gasteiger partial charge on any atom is 0.330 e. The molecule has 2 aliphatic heterocycles. The van der Waals surface area contributed by atoms with Gasteiger partial charge in [0.05, 0.1) is 6.04 Å². The minimum Gasteiger partial charge on any atom is -0.459 e. The van der Waals surface area contributed by atoms with Crippen molar-refractivity contribution >= 4 is 11.9 Å². The fourth-order valence-electron chi connectivity index (χ4n) is 6.42. The number of β-lactam (4-membered cyclic amide) rings is 1. The normalized spacial score (nSPS) is 20.0. The number of benzene rings is 4. The summed E-state index contributed by atoms with van der Waals surface area (Å²) in [4.78, 5) is 28.2. The summed E-state index contributed by atoms with van der Waals surface area (Å²) in [6.07, 6.45) is 1.17. The van der Waals surface area contributed by atoms with Crippen molar-refractivity contribution in [1.82, 2.24) is 15.3 Å². The van der Waals surface area contributed by atoms with Gasteiger partial charge in [-0.3, -0.25) is 4.79 Å². The van der Waals surface area contributed by atoms with Gasteiger partial charge in [0.15, 0.2) is 0 Å². The van der Waals surface area contributed by atoms with E-state index in [-0.39, 0.29) is 30.6 Å². The minimum atomic E-state index is -0.737. The van der Waals surface area contributed by atoms with Gasteiger partial charge < -0.3 is 9.64 Å².